The largest absolute Gasteiger partial charge is 0.497 e. The average Bonchev–Trinajstić information content (AvgIpc) is 2.74. The van der Waals surface area contributed by atoms with E-state index in [-0.39, 0.29) is 12.2 Å². The van der Waals surface area contributed by atoms with E-state index in [1.54, 1.807) is 38.5 Å². The Morgan fingerprint density at radius 3 is 2.07 bits per heavy atom. The van der Waals surface area contributed by atoms with E-state index in [1.807, 2.05) is 43.9 Å². The van der Waals surface area contributed by atoms with Gasteiger partial charge in [0.2, 0.25) is 0 Å². The summed E-state index contributed by atoms with van der Waals surface area (Å²) >= 11 is 0. The van der Waals surface area contributed by atoms with Crippen LogP contribution in [0.5, 0.6) is 11.5 Å². The summed E-state index contributed by atoms with van der Waals surface area (Å²) in [4.78, 5) is 25.8. The van der Waals surface area contributed by atoms with Gasteiger partial charge in [-0.05, 0) is 49.5 Å². The zero-order valence-corrected chi connectivity index (χ0v) is 19.4. The molecule has 0 saturated carbocycles. The number of benzene rings is 2. The van der Waals surface area contributed by atoms with Crippen LogP contribution >= 0.6 is 0 Å². The molecule has 2 atom stereocenters. The first kappa shape index (κ1) is 23.6. The summed E-state index contributed by atoms with van der Waals surface area (Å²) in [5.41, 5.74) is 1.24. The van der Waals surface area contributed by atoms with Crippen LogP contribution in [0.4, 0.5) is 0 Å². The molecule has 0 N–H and O–H groups in total. The van der Waals surface area contributed by atoms with Crippen molar-refractivity contribution in [2.45, 2.75) is 32.2 Å². The highest BCUT2D eigenvalue weighted by atomic mass is 28.4. The molecule has 0 heterocycles. The van der Waals surface area contributed by atoms with Gasteiger partial charge in [-0.3, -0.25) is 9.59 Å². The number of carbonyl (C=O) groups is 2. The highest BCUT2D eigenvalue weighted by Gasteiger charge is 2.36. The lowest BCUT2D eigenvalue weighted by Gasteiger charge is -2.31. The fourth-order valence-corrected chi connectivity index (χ4v) is 4.22. The summed E-state index contributed by atoms with van der Waals surface area (Å²) in [7, 11) is 2.37. The Balaban J connectivity index is 2.44. The third-order valence-electron chi connectivity index (χ3n) is 4.57. The number of hydrogen-bond acceptors (Lipinski definition) is 6. The van der Waals surface area contributed by atoms with Gasteiger partial charge < -0.3 is 18.6 Å². The fraction of sp³-hybridized carbons (Fsp3) is 0.391. The van der Waals surface area contributed by atoms with Crippen molar-refractivity contribution in [3.8, 4) is 11.5 Å². The molecule has 0 spiro atoms. The summed E-state index contributed by atoms with van der Waals surface area (Å²) in [5.74, 6) is -0.237. The quantitative estimate of drug-likeness (QED) is 0.310. The summed E-state index contributed by atoms with van der Waals surface area (Å²) in [6, 6.07) is 14.3. The smallest absolute Gasteiger partial charge is 0.312 e. The van der Waals surface area contributed by atoms with Crippen molar-refractivity contribution >= 4 is 20.1 Å². The molecule has 0 saturated heterocycles. The number of ketones is 1. The number of methoxy groups -OCH3 is 3. The van der Waals surface area contributed by atoms with Crippen LogP contribution in [0.1, 0.15) is 28.4 Å². The van der Waals surface area contributed by atoms with E-state index in [0.717, 1.165) is 5.56 Å². The molecule has 2 aromatic carbocycles. The predicted octanol–water partition coefficient (Wildman–Crippen LogP) is 4.66. The Labute approximate surface area is 179 Å². The van der Waals surface area contributed by atoms with Crippen molar-refractivity contribution in [3.05, 3.63) is 59.7 Å². The topological polar surface area (TPSA) is 71.1 Å². The second-order valence-corrected chi connectivity index (χ2v) is 12.4. The van der Waals surface area contributed by atoms with Crippen molar-refractivity contribution < 1.29 is 28.2 Å². The Kier molecular flexibility index (Phi) is 8.20. The molecule has 30 heavy (non-hydrogen) atoms. The zero-order chi connectivity index (χ0) is 22.3. The van der Waals surface area contributed by atoms with Gasteiger partial charge >= 0.3 is 5.97 Å². The molecule has 0 radical (unpaired) electrons. The zero-order valence-electron chi connectivity index (χ0n) is 18.4. The maximum atomic E-state index is 13.0. The van der Waals surface area contributed by atoms with E-state index in [1.165, 1.54) is 7.11 Å². The summed E-state index contributed by atoms with van der Waals surface area (Å²) in [6.07, 6.45) is -0.680. The summed E-state index contributed by atoms with van der Waals surface area (Å²) < 4.78 is 22.0. The van der Waals surface area contributed by atoms with Crippen LogP contribution in [0.15, 0.2) is 48.5 Å². The molecular formula is C23H30O6Si. The van der Waals surface area contributed by atoms with Gasteiger partial charge in [-0.2, -0.15) is 0 Å². The van der Waals surface area contributed by atoms with Gasteiger partial charge in [0, 0.05) is 12.0 Å². The van der Waals surface area contributed by atoms with E-state index in [9.17, 15) is 9.59 Å². The van der Waals surface area contributed by atoms with E-state index in [4.69, 9.17) is 18.6 Å². The van der Waals surface area contributed by atoms with Crippen LogP contribution in [-0.2, 0) is 14.0 Å². The van der Waals surface area contributed by atoms with Gasteiger partial charge in [0.25, 0.3) is 0 Å². The number of carbonyl (C=O) groups excluding carboxylic acids is 2. The Morgan fingerprint density at radius 2 is 1.50 bits per heavy atom. The van der Waals surface area contributed by atoms with Crippen LogP contribution in [0.25, 0.3) is 0 Å². The normalized spacial score (nSPS) is 13.3. The maximum absolute atomic E-state index is 13.0. The molecule has 162 valence electrons. The van der Waals surface area contributed by atoms with Crippen molar-refractivity contribution in [1.82, 2.24) is 0 Å². The van der Waals surface area contributed by atoms with Crippen LogP contribution in [0.2, 0.25) is 19.6 Å². The lowest BCUT2D eigenvalue weighted by atomic mass is 9.89. The number of esters is 1. The molecule has 0 amide bonds. The lowest BCUT2D eigenvalue weighted by Crippen LogP contribution is -2.35. The first-order valence-corrected chi connectivity index (χ1v) is 13.2. The first-order valence-electron chi connectivity index (χ1n) is 9.75. The molecule has 6 nitrogen and oxygen atoms in total. The highest BCUT2D eigenvalue weighted by Crippen LogP contribution is 2.35. The number of rotatable bonds is 10. The number of Topliss-reactive ketones (excluding diaryl/α,β-unsaturated/α-hetero) is 1. The molecule has 0 fully saturated rings. The van der Waals surface area contributed by atoms with Crippen LogP contribution in [-0.4, -0.2) is 41.4 Å². The lowest BCUT2D eigenvalue weighted by molar-refractivity contribution is -0.149. The van der Waals surface area contributed by atoms with E-state index < -0.39 is 26.3 Å². The molecule has 0 bridgehead atoms. The van der Waals surface area contributed by atoms with Crippen LogP contribution < -0.4 is 9.47 Å². The summed E-state index contributed by atoms with van der Waals surface area (Å²) in [6.45, 7) is 6.12. The monoisotopic (exact) mass is 430 g/mol. The Bertz CT molecular complexity index is 874. The Hall–Kier alpha value is -2.64. The van der Waals surface area contributed by atoms with Crippen LogP contribution in [0, 0.1) is 5.92 Å². The molecule has 7 heteroatoms. The van der Waals surface area contributed by atoms with Crippen molar-refractivity contribution in [1.29, 1.82) is 0 Å². The molecule has 2 aromatic rings. The van der Waals surface area contributed by atoms with E-state index in [2.05, 4.69) is 0 Å². The first-order chi connectivity index (χ1) is 14.2. The molecular weight excluding hydrogens is 400 g/mol. The fourth-order valence-electron chi connectivity index (χ4n) is 3.16. The molecule has 0 aliphatic rings. The number of ether oxygens (including phenoxy) is 3. The molecule has 0 aliphatic heterocycles. The molecule has 2 unspecified atom stereocenters. The van der Waals surface area contributed by atoms with Gasteiger partial charge in [-0.15, -0.1) is 0 Å². The second-order valence-electron chi connectivity index (χ2n) is 7.92. The molecule has 0 aromatic heterocycles. The third kappa shape index (κ3) is 6.43. The van der Waals surface area contributed by atoms with E-state index in [0.29, 0.717) is 17.1 Å². The highest BCUT2D eigenvalue weighted by molar-refractivity contribution is 6.69. The van der Waals surface area contributed by atoms with Gasteiger partial charge in [-0.25, -0.2) is 0 Å². The van der Waals surface area contributed by atoms with Gasteiger partial charge in [0.05, 0.1) is 33.4 Å². The molecule has 0 aliphatic carbocycles. The third-order valence-corrected chi connectivity index (χ3v) is 5.53. The van der Waals surface area contributed by atoms with Gasteiger partial charge in [0.1, 0.15) is 11.5 Å². The Morgan fingerprint density at radius 1 is 0.900 bits per heavy atom. The number of hydrogen-bond donors (Lipinski definition) is 0. The van der Waals surface area contributed by atoms with Crippen LogP contribution in [0.3, 0.4) is 0 Å². The molecule has 2 rings (SSSR count). The van der Waals surface area contributed by atoms with Gasteiger partial charge in [-0.1, -0.05) is 24.3 Å². The maximum Gasteiger partial charge on any atom is 0.312 e. The van der Waals surface area contributed by atoms with Crippen molar-refractivity contribution in [2.24, 2.45) is 5.92 Å². The van der Waals surface area contributed by atoms with Crippen molar-refractivity contribution in [3.63, 3.8) is 0 Å². The van der Waals surface area contributed by atoms with E-state index >= 15 is 0 Å². The average molecular weight is 431 g/mol. The van der Waals surface area contributed by atoms with Gasteiger partial charge in [0.15, 0.2) is 14.1 Å². The minimum atomic E-state index is -2.08. The summed E-state index contributed by atoms with van der Waals surface area (Å²) in [5, 5.41) is 0. The minimum absolute atomic E-state index is 0.0494. The minimum Gasteiger partial charge on any atom is -0.497 e. The predicted molar refractivity (Wildman–Crippen MR) is 118 cm³/mol. The standard InChI is InChI=1S/C23H30O6Si/c1-26-18-11-7-9-16(13-18)21(24)15-20(23(25)28-3)22(29-30(4,5)6)17-10-8-12-19(14-17)27-2/h7-14,20,22H,15H2,1-6H3. The van der Waals surface area contributed by atoms with Crippen molar-refractivity contribution in [2.75, 3.05) is 21.3 Å². The SMILES string of the molecule is COC(=O)C(CC(=O)c1cccc(OC)c1)C(O[Si](C)(C)C)c1cccc(OC)c1. The second kappa shape index (κ2) is 10.4.